The van der Waals surface area contributed by atoms with Crippen molar-refractivity contribution in [3.8, 4) is 5.88 Å². The van der Waals surface area contributed by atoms with E-state index in [1.54, 1.807) is 25.3 Å². The van der Waals surface area contributed by atoms with Gasteiger partial charge in [-0.15, -0.1) is 0 Å². The van der Waals surface area contributed by atoms with Gasteiger partial charge in [0.15, 0.2) is 0 Å². The van der Waals surface area contributed by atoms with Crippen molar-refractivity contribution < 1.29 is 23.0 Å². The molecule has 1 aliphatic heterocycles. The highest BCUT2D eigenvalue weighted by Gasteiger charge is 2.36. The number of nitrogens with zero attached hydrogens (tertiary/aromatic N) is 2. The molecule has 0 saturated carbocycles. The first-order valence-electron chi connectivity index (χ1n) is 6.92. The predicted molar refractivity (Wildman–Crippen MR) is 75.1 cm³/mol. The van der Waals surface area contributed by atoms with Crippen LogP contribution in [0.3, 0.4) is 0 Å². The van der Waals surface area contributed by atoms with Crippen molar-refractivity contribution in [3.05, 3.63) is 23.9 Å². The van der Waals surface area contributed by atoms with E-state index in [0.717, 1.165) is 10.5 Å². The minimum Gasteiger partial charge on any atom is -0.481 e. The number of ether oxygens (including phenoxy) is 2. The lowest BCUT2D eigenvalue weighted by Crippen LogP contribution is -2.46. The van der Waals surface area contributed by atoms with E-state index in [9.17, 15) is 13.6 Å². The molecule has 0 radical (unpaired) electrons. The summed E-state index contributed by atoms with van der Waals surface area (Å²) in [6.45, 7) is 0.687. The van der Waals surface area contributed by atoms with Crippen LogP contribution in [0.25, 0.3) is 0 Å². The monoisotopic (exact) mass is 315 g/mol. The molecule has 8 heteroatoms. The topological polar surface area (TPSA) is 63.7 Å². The van der Waals surface area contributed by atoms with Gasteiger partial charge in [0.2, 0.25) is 5.88 Å². The van der Waals surface area contributed by atoms with Gasteiger partial charge < -0.3 is 19.7 Å². The van der Waals surface area contributed by atoms with Gasteiger partial charge in [-0.1, -0.05) is 0 Å². The normalized spacial score (nSPS) is 19.2. The number of carbonyl (C=O) groups is 1. The van der Waals surface area contributed by atoms with Crippen molar-refractivity contribution in [2.24, 2.45) is 0 Å². The van der Waals surface area contributed by atoms with Gasteiger partial charge in [-0.25, -0.2) is 18.6 Å². The summed E-state index contributed by atoms with van der Waals surface area (Å²) in [6.07, 6.45) is 1.56. The number of aromatic nitrogens is 1. The third-order valence-electron chi connectivity index (χ3n) is 3.34. The maximum atomic E-state index is 13.5. The van der Waals surface area contributed by atoms with E-state index in [0.29, 0.717) is 5.88 Å². The molecule has 1 saturated heterocycles. The van der Waals surface area contributed by atoms with Crippen molar-refractivity contribution in [2.75, 3.05) is 33.4 Å². The molecule has 1 aliphatic rings. The highest BCUT2D eigenvalue weighted by molar-refractivity contribution is 5.74. The third-order valence-corrected chi connectivity index (χ3v) is 3.34. The highest BCUT2D eigenvalue weighted by atomic mass is 19.3. The standard InChI is InChI=1S/C14H19F2N3O3/c1-10(11-3-4-17-12(7-11)21-2)18-13(20)19-5-6-22-9-14(15,16)8-19/h3-4,7,10H,5-6,8-9H2,1-2H3,(H,18,20)/t10-/m1/s1. The molecule has 1 aromatic heterocycles. The maximum absolute atomic E-state index is 13.5. The summed E-state index contributed by atoms with van der Waals surface area (Å²) in [5, 5.41) is 2.70. The number of pyridine rings is 1. The summed E-state index contributed by atoms with van der Waals surface area (Å²) in [5.74, 6) is -2.61. The van der Waals surface area contributed by atoms with Crippen LogP contribution in [0.15, 0.2) is 18.3 Å². The molecule has 0 aliphatic carbocycles. The number of alkyl halides is 2. The van der Waals surface area contributed by atoms with Crippen LogP contribution in [0.4, 0.5) is 13.6 Å². The molecule has 0 unspecified atom stereocenters. The van der Waals surface area contributed by atoms with E-state index in [1.165, 1.54) is 7.11 Å². The number of nitrogens with one attached hydrogen (secondary N) is 1. The molecule has 122 valence electrons. The number of amides is 2. The van der Waals surface area contributed by atoms with Gasteiger partial charge in [0.25, 0.3) is 5.92 Å². The largest absolute Gasteiger partial charge is 0.481 e. The molecule has 0 bridgehead atoms. The van der Waals surface area contributed by atoms with Crippen molar-refractivity contribution in [1.29, 1.82) is 0 Å². The molecular formula is C14H19F2N3O3. The molecule has 1 atom stereocenters. The van der Waals surface area contributed by atoms with Crippen molar-refractivity contribution in [2.45, 2.75) is 18.9 Å². The van der Waals surface area contributed by atoms with Crippen LogP contribution >= 0.6 is 0 Å². The number of hydrogen-bond acceptors (Lipinski definition) is 4. The fourth-order valence-corrected chi connectivity index (χ4v) is 2.14. The van der Waals surface area contributed by atoms with Crippen molar-refractivity contribution >= 4 is 6.03 Å². The van der Waals surface area contributed by atoms with Gasteiger partial charge in [-0.2, -0.15) is 0 Å². The minimum atomic E-state index is -3.03. The van der Waals surface area contributed by atoms with Crippen molar-refractivity contribution in [1.82, 2.24) is 15.2 Å². The predicted octanol–water partition coefficient (Wildman–Crippen LogP) is 1.83. The lowest BCUT2D eigenvalue weighted by atomic mass is 10.1. The zero-order chi connectivity index (χ0) is 16.2. The SMILES string of the molecule is COc1cc([C@@H](C)NC(=O)N2CCOCC(F)(F)C2)ccn1. The highest BCUT2D eigenvalue weighted by Crippen LogP contribution is 2.20. The van der Waals surface area contributed by atoms with E-state index in [-0.39, 0.29) is 19.2 Å². The van der Waals surface area contributed by atoms with Gasteiger partial charge in [-0.3, -0.25) is 0 Å². The Balaban J connectivity index is 2.00. The Bertz CT molecular complexity index is 528. The Morgan fingerprint density at radius 1 is 1.59 bits per heavy atom. The minimum absolute atomic E-state index is 0.0977. The summed E-state index contributed by atoms with van der Waals surface area (Å²) < 4.78 is 36.8. The van der Waals surface area contributed by atoms with Gasteiger partial charge in [-0.05, 0) is 18.6 Å². The molecule has 1 aromatic rings. The molecular weight excluding hydrogens is 296 g/mol. The fraction of sp³-hybridized carbons (Fsp3) is 0.571. The third kappa shape index (κ3) is 4.27. The van der Waals surface area contributed by atoms with E-state index in [1.807, 2.05) is 0 Å². The van der Waals surface area contributed by atoms with Gasteiger partial charge >= 0.3 is 6.03 Å². The summed E-state index contributed by atoms with van der Waals surface area (Å²) in [6, 6.07) is 2.51. The second-order valence-electron chi connectivity index (χ2n) is 5.13. The van der Waals surface area contributed by atoms with E-state index in [4.69, 9.17) is 9.47 Å². The quantitative estimate of drug-likeness (QED) is 0.924. The number of carbonyl (C=O) groups excluding carboxylic acids is 1. The first-order chi connectivity index (χ1) is 10.4. The van der Waals surface area contributed by atoms with Crippen LogP contribution in [-0.2, 0) is 4.74 Å². The zero-order valence-electron chi connectivity index (χ0n) is 12.5. The van der Waals surface area contributed by atoms with Crippen LogP contribution in [0.2, 0.25) is 0 Å². The fourth-order valence-electron chi connectivity index (χ4n) is 2.14. The molecule has 2 rings (SSSR count). The van der Waals surface area contributed by atoms with Crippen LogP contribution in [0, 0.1) is 0 Å². The van der Waals surface area contributed by atoms with Gasteiger partial charge in [0.05, 0.1) is 26.3 Å². The van der Waals surface area contributed by atoms with E-state index >= 15 is 0 Å². The smallest absolute Gasteiger partial charge is 0.318 e. The van der Waals surface area contributed by atoms with Crippen LogP contribution < -0.4 is 10.1 Å². The summed E-state index contributed by atoms with van der Waals surface area (Å²) in [7, 11) is 1.49. The van der Waals surface area contributed by atoms with Gasteiger partial charge in [0, 0.05) is 18.8 Å². The zero-order valence-corrected chi connectivity index (χ0v) is 12.5. The Morgan fingerprint density at radius 2 is 2.36 bits per heavy atom. The number of hydrogen-bond donors (Lipinski definition) is 1. The summed E-state index contributed by atoms with van der Waals surface area (Å²) >= 11 is 0. The molecule has 6 nitrogen and oxygen atoms in total. The van der Waals surface area contributed by atoms with Gasteiger partial charge in [0.1, 0.15) is 6.61 Å². The molecule has 0 aromatic carbocycles. The Hall–Kier alpha value is -1.96. The second-order valence-corrected chi connectivity index (χ2v) is 5.13. The second kappa shape index (κ2) is 6.87. The lowest BCUT2D eigenvalue weighted by molar-refractivity contribution is -0.0652. The summed E-state index contributed by atoms with van der Waals surface area (Å²) in [5.41, 5.74) is 0.776. The average molecular weight is 315 g/mol. The van der Waals surface area contributed by atoms with E-state index in [2.05, 4.69) is 10.3 Å². The Kier molecular flexibility index (Phi) is 5.12. The Morgan fingerprint density at radius 3 is 3.09 bits per heavy atom. The van der Waals surface area contributed by atoms with E-state index < -0.39 is 25.1 Å². The Labute approximate surface area is 127 Å². The molecule has 1 fully saturated rings. The average Bonchev–Trinajstić information content (AvgIpc) is 2.68. The number of urea groups is 1. The first kappa shape index (κ1) is 16.4. The molecule has 1 N–H and O–H groups in total. The first-order valence-corrected chi connectivity index (χ1v) is 6.92. The number of rotatable bonds is 3. The van der Waals surface area contributed by atoms with Crippen LogP contribution in [0.1, 0.15) is 18.5 Å². The summed E-state index contributed by atoms with van der Waals surface area (Å²) in [4.78, 5) is 17.2. The molecule has 0 spiro atoms. The lowest BCUT2D eigenvalue weighted by Gasteiger charge is -2.25. The van der Waals surface area contributed by atoms with Crippen LogP contribution in [0.5, 0.6) is 5.88 Å². The molecule has 2 heterocycles. The molecule has 2 amide bonds. The number of methoxy groups -OCH3 is 1. The van der Waals surface area contributed by atoms with Crippen LogP contribution in [-0.4, -0.2) is 55.3 Å². The number of halogens is 2. The molecule has 22 heavy (non-hydrogen) atoms. The maximum Gasteiger partial charge on any atom is 0.318 e. The van der Waals surface area contributed by atoms with Crippen molar-refractivity contribution in [3.63, 3.8) is 0 Å².